The van der Waals surface area contributed by atoms with Crippen molar-refractivity contribution < 1.29 is 13.9 Å². The van der Waals surface area contributed by atoms with E-state index in [-0.39, 0.29) is 18.3 Å². The first kappa shape index (κ1) is 16.5. The maximum absolute atomic E-state index is 13.9. The van der Waals surface area contributed by atoms with Crippen molar-refractivity contribution in [3.05, 3.63) is 24.0 Å². The van der Waals surface area contributed by atoms with Gasteiger partial charge in [-0.15, -0.1) is 0 Å². The van der Waals surface area contributed by atoms with Crippen molar-refractivity contribution in [3.63, 3.8) is 0 Å². The molecular formula is C16H24FN3O2. The lowest BCUT2D eigenvalue weighted by molar-refractivity contribution is -0.156. The van der Waals surface area contributed by atoms with E-state index < -0.39 is 5.60 Å². The normalized spacial score (nSPS) is 16.6. The average Bonchev–Trinajstić information content (AvgIpc) is 2.38. The Morgan fingerprint density at radius 1 is 1.27 bits per heavy atom. The molecular weight excluding hydrogens is 285 g/mol. The van der Waals surface area contributed by atoms with Crippen molar-refractivity contribution in [2.75, 3.05) is 43.4 Å². The van der Waals surface area contributed by atoms with Gasteiger partial charge in [-0.1, -0.05) is 0 Å². The van der Waals surface area contributed by atoms with Crippen LogP contribution in [0.4, 0.5) is 15.8 Å². The molecule has 0 unspecified atom stereocenters. The Morgan fingerprint density at radius 2 is 1.91 bits per heavy atom. The number of hydrogen-bond donors (Lipinski definition) is 1. The van der Waals surface area contributed by atoms with E-state index in [1.807, 2.05) is 30.6 Å². The van der Waals surface area contributed by atoms with Crippen LogP contribution < -0.4 is 10.6 Å². The van der Waals surface area contributed by atoms with Crippen molar-refractivity contribution >= 4 is 17.3 Å². The molecule has 2 rings (SSSR count). The Kier molecular flexibility index (Phi) is 4.90. The first-order valence-electron chi connectivity index (χ1n) is 7.49. The number of rotatable bonds is 3. The minimum absolute atomic E-state index is 0.223. The van der Waals surface area contributed by atoms with Crippen LogP contribution in [0, 0.1) is 5.82 Å². The van der Waals surface area contributed by atoms with Gasteiger partial charge in [0, 0.05) is 31.9 Å². The molecule has 1 aliphatic heterocycles. The summed E-state index contributed by atoms with van der Waals surface area (Å²) in [6.07, 6.45) is 0. The summed E-state index contributed by atoms with van der Waals surface area (Å²) >= 11 is 0. The first-order chi connectivity index (χ1) is 10.2. The van der Waals surface area contributed by atoms with Crippen LogP contribution in [0.2, 0.25) is 0 Å². The third kappa shape index (κ3) is 4.59. The molecule has 0 radical (unpaired) electrons. The van der Waals surface area contributed by atoms with Crippen molar-refractivity contribution in [2.24, 2.45) is 0 Å². The topological polar surface area (TPSA) is 58.8 Å². The highest BCUT2D eigenvalue weighted by Gasteiger charge is 2.23. The number of nitrogens with two attached hydrogens (primary N) is 1. The summed E-state index contributed by atoms with van der Waals surface area (Å²) in [5.74, 6) is -0.528. The maximum Gasteiger partial charge on any atom is 0.320 e. The average molecular weight is 309 g/mol. The lowest BCUT2D eigenvalue weighted by atomic mass is 10.2. The zero-order valence-electron chi connectivity index (χ0n) is 13.4. The zero-order chi connectivity index (χ0) is 16.3. The van der Waals surface area contributed by atoms with Crippen molar-refractivity contribution in [1.82, 2.24) is 4.90 Å². The van der Waals surface area contributed by atoms with E-state index in [4.69, 9.17) is 10.5 Å². The molecule has 1 heterocycles. The van der Waals surface area contributed by atoms with Crippen molar-refractivity contribution in [1.29, 1.82) is 0 Å². The molecule has 0 aliphatic carbocycles. The number of carbonyl (C=O) groups is 1. The summed E-state index contributed by atoms with van der Waals surface area (Å²) in [5.41, 5.74) is 6.08. The van der Waals surface area contributed by atoms with Gasteiger partial charge in [0.1, 0.15) is 11.4 Å². The summed E-state index contributed by atoms with van der Waals surface area (Å²) < 4.78 is 19.2. The number of esters is 1. The van der Waals surface area contributed by atoms with Crippen LogP contribution in [-0.2, 0) is 9.53 Å². The van der Waals surface area contributed by atoms with Gasteiger partial charge in [0.15, 0.2) is 0 Å². The summed E-state index contributed by atoms with van der Waals surface area (Å²) in [4.78, 5) is 15.8. The molecule has 0 aromatic heterocycles. The molecule has 0 amide bonds. The molecule has 1 saturated heterocycles. The predicted molar refractivity (Wildman–Crippen MR) is 85.3 cm³/mol. The van der Waals surface area contributed by atoms with Crippen LogP contribution in [0.15, 0.2) is 18.2 Å². The summed E-state index contributed by atoms with van der Waals surface area (Å²) in [5, 5.41) is 0. The van der Waals surface area contributed by atoms with E-state index in [1.165, 1.54) is 6.07 Å². The number of hydrogen-bond acceptors (Lipinski definition) is 5. The molecule has 5 nitrogen and oxygen atoms in total. The number of anilines is 2. The van der Waals surface area contributed by atoms with Gasteiger partial charge in [0.25, 0.3) is 0 Å². The van der Waals surface area contributed by atoms with Crippen LogP contribution in [0.25, 0.3) is 0 Å². The minimum atomic E-state index is -0.466. The van der Waals surface area contributed by atoms with Crippen LogP contribution in [-0.4, -0.2) is 49.2 Å². The maximum atomic E-state index is 13.9. The monoisotopic (exact) mass is 309 g/mol. The van der Waals surface area contributed by atoms with Gasteiger partial charge in [0.05, 0.1) is 12.2 Å². The predicted octanol–water partition coefficient (Wildman–Crippen LogP) is 1.87. The third-order valence-electron chi connectivity index (χ3n) is 3.46. The molecule has 0 bridgehead atoms. The molecule has 2 N–H and O–H groups in total. The highest BCUT2D eigenvalue weighted by molar-refractivity contribution is 5.72. The molecule has 22 heavy (non-hydrogen) atoms. The van der Waals surface area contributed by atoms with Crippen molar-refractivity contribution in [3.8, 4) is 0 Å². The van der Waals surface area contributed by atoms with Crippen LogP contribution in [0.1, 0.15) is 20.8 Å². The first-order valence-corrected chi connectivity index (χ1v) is 7.49. The smallest absolute Gasteiger partial charge is 0.320 e. The second-order valence-electron chi connectivity index (χ2n) is 6.56. The number of piperazine rings is 1. The van der Waals surface area contributed by atoms with Gasteiger partial charge >= 0.3 is 5.97 Å². The SMILES string of the molecule is CC(C)(C)OC(=O)CN1CCN(c2ccc(N)cc2F)CC1. The van der Waals surface area contributed by atoms with Gasteiger partial charge < -0.3 is 15.4 Å². The molecule has 1 aliphatic rings. The Hall–Kier alpha value is -1.82. The lowest BCUT2D eigenvalue weighted by Gasteiger charge is -2.36. The Labute approximate surface area is 130 Å². The zero-order valence-corrected chi connectivity index (χ0v) is 13.4. The Morgan fingerprint density at radius 3 is 2.45 bits per heavy atom. The van der Waals surface area contributed by atoms with E-state index >= 15 is 0 Å². The summed E-state index contributed by atoms with van der Waals surface area (Å²) in [7, 11) is 0. The van der Waals surface area contributed by atoms with E-state index in [0.717, 1.165) is 0 Å². The molecule has 122 valence electrons. The number of ether oxygens (including phenoxy) is 1. The second kappa shape index (κ2) is 6.52. The number of benzene rings is 1. The van der Waals surface area contributed by atoms with Gasteiger partial charge in [-0.05, 0) is 39.0 Å². The van der Waals surface area contributed by atoms with Gasteiger partial charge in [-0.25, -0.2) is 4.39 Å². The minimum Gasteiger partial charge on any atom is -0.459 e. The molecule has 0 saturated carbocycles. The highest BCUT2D eigenvalue weighted by Crippen LogP contribution is 2.22. The van der Waals surface area contributed by atoms with Crippen LogP contribution >= 0.6 is 0 Å². The summed E-state index contributed by atoms with van der Waals surface area (Å²) in [6.45, 7) is 8.57. The van der Waals surface area contributed by atoms with Gasteiger partial charge in [-0.3, -0.25) is 9.69 Å². The van der Waals surface area contributed by atoms with Crippen LogP contribution in [0.5, 0.6) is 0 Å². The Bertz CT molecular complexity index is 535. The number of nitrogen functional groups attached to an aromatic ring is 1. The van der Waals surface area contributed by atoms with Crippen LogP contribution in [0.3, 0.4) is 0 Å². The molecule has 1 aromatic carbocycles. The van der Waals surface area contributed by atoms with E-state index in [0.29, 0.717) is 37.6 Å². The highest BCUT2D eigenvalue weighted by atomic mass is 19.1. The summed E-state index contributed by atoms with van der Waals surface area (Å²) in [6, 6.07) is 4.74. The van der Waals surface area contributed by atoms with Gasteiger partial charge in [-0.2, -0.15) is 0 Å². The van der Waals surface area contributed by atoms with E-state index in [9.17, 15) is 9.18 Å². The fraction of sp³-hybridized carbons (Fsp3) is 0.562. The third-order valence-corrected chi connectivity index (χ3v) is 3.46. The standard InChI is InChI=1S/C16H24FN3O2/c1-16(2,3)22-15(21)11-19-6-8-20(9-7-19)14-5-4-12(18)10-13(14)17/h4-5,10H,6-9,11,18H2,1-3H3. The Balaban J connectivity index is 1.86. The molecule has 0 spiro atoms. The lowest BCUT2D eigenvalue weighted by Crippen LogP contribution is -2.48. The second-order valence-corrected chi connectivity index (χ2v) is 6.56. The molecule has 1 fully saturated rings. The van der Waals surface area contributed by atoms with Crippen molar-refractivity contribution in [2.45, 2.75) is 26.4 Å². The molecule has 6 heteroatoms. The fourth-order valence-electron chi connectivity index (χ4n) is 2.48. The fourth-order valence-corrected chi connectivity index (χ4v) is 2.48. The van der Waals surface area contributed by atoms with E-state index in [1.54, 1.807) is 12.1 Å². The number of halogens is 1. The molecule has 1 aromatic rings. The number of carbonyl (C=O) groups excluding carboxylic acids is 1. The van der Waals surface area contributed by atoms with Gasteiger partial charge in [0.2, 0.25) is 0 Å². The van der Waals surface area contributed by atoms with E-state index in [2.05, 4.69) is 0 Å². The largest absolute Gasteiger partial charge is 0.459 e. The number of nitrogens with zero attached hydrogens (tertiary/aromatic N) is 2. The quantitative estimate of drug-likeness (QED) is 0.682. The molecule has 0 atom stereocenters.